The molecule has 0 radical (unpaired) electrons. The number of benzene rings is 1. The van der Waals surface area contributed by atoms with E-state index in [1.165, 1.54) is 11.1 Å². The molecule has 1 saturated heterocycles. The van der Waals surface area contributed by atoms with Gasteiger partial charge in [-0.05, 0) is 37.6 Å². The summed E-state index contributed by atoms with van der Waals surface area (Å²) in [6.07, 6.45) is 4.55. The monoisotopic (exact) mass is 320 g/mol. The van der Waals surface area contributed by atoms with Crippen molar-refractivity contribution in [3.8, 4) is 11.4 Å². The molecule has 5 nitrogen and oxygen atoms in total. The summed E-state index contributed by atoms with van der Waals surface area (Å²) < 4.78 is 5.50. The van der Waals surface area contributed by atoms with Gasteiger partial charge < -0.3 is 4.52 Å². The Morgan fingerprint density at radius 2 is 2.08 bits per heavy atom. The van der Waals surface area contributed by atoms with Gasteiger partial charge in [-0.3, -0.25) is 9.88 Å². The normalized spacial score (nSPS) is 18.1. The Bertz CT molecular complexity index is 798. The van der Waals surface area contributed by atoms with Gasteiger partial charge in [0.2, 0.25) is 11.7 Å². The Morgan fingerprint density at radius 3 is 2.88 bits per heavy atom. The standard InChI is InChI=1S/C19H20N4O/c1-14-4-6-15(7-5-14)12-23-10-8-17(13-23)19-21-18(22-24-19)16-3-2-9-20-11-16/h2-7,9,11,17H,8,10,12-13H2,1H3/t17-/m0/s1. The van der Waals surface area contributed by atoms with Crippen LogP contribution in [0.25, 0.3) is 11.4 Å². The molecule has 0 amide bonds. The van der Waals surface area contributed by atoms with E-state index in [-0.39, 0.29) is 0 Å². The molecule has 3 heterocycles. The van der Waals surface area contributed by atoms with Crippen LogP contribution >= 0.6 is 0 Å². The van der Waals surface area contributed by atoms with E-state index in [4.69, 9.17) is 4.52 Å². The highest BCUT2D eigenvalue weighted by Gasteiger charge is 2.28. The average molecular weight is 320 g/mol. The van der Waals surface area contributed by atoms with E-state index >= 15 is 0 Å². The maximum Gasteiger partial charge on any atom is 0.231 e. The van der Waals surface area contributed by atoms with Crippen LogP contribution in [0.3, 0.4) is 0 Å². The van der Waals surface area contributed by atoms with Crippen molar-refractivity contribution in [2.24, 2.45) is 0 Å². The zero-order chi connectivity index (χ0) is 16.4. The molecular weight excluding hydrogens is 300 g/mol. The number of hydrogen-bond donors (Lipinski definition) is 0. The highest BCUT2D eigenvalue weighted by Crippen LogP contribution is 2.28. The molecule has 5 heteroatoms. The van der Waals surface area contributed by atoms with Gasteiger partial charge in [0, 0.05) is 31.0 Å². The third-order valence-corrected chi connectivity index (χ3v) is 4.51. The van der Waals surface area contributed by atoms with Crippen LogP contribution in [0.5, 0.6) is 0 Å². The minimum absolute atomic E-state index is 0.313. The summed E-state index contributed by atoms with van der Waals surface area (Å²) in [5.41, 5.74) is 3.54. The summed E-state index contributed by atoms with van der Waals surface area (Å²) in [6, 6.07) is 12.6. The fourth-order valence-corrected chi connectivity index (χ4v) is 3.14. The lowest BCUT2D eigenvalue weighted by atomic mass is 10.1. The number of nitrogens with zero attached hydrogens (tertiary/aromatic N) is 4. The van der Waals surface area contributed by atoms with Crippen molar-refractivity contribution in [2.75, 3.05) is 13.1 Å². The second-order valence-corrected chi connectivity index (χ2v) is 6.40. The first-order valence-electron chi connectivity index (χ1n) is 8.30. The highest BCUT2D eigenvalue weighted by atomic mass is 16.5. The molecule has 0 bridgehead atoms. The van der Waals surface area contributed by atoms with Crippen molar-refractivity contribution >= 4 is 0 Å². The average Bonchev–Trinajstić information content (AvgIpc) is 3.27. The van der Waals surface area contributed by atoms with Crippen LogP contribution in [0.1, 0.15) is 29.4 Å². The Balaban J connectivity index is 1.42. The van der Waals surface area contributed by atoms with Crippen molar-refractivity contribution in [2.45, 2.75) is 25.8 Å². The molecule has 0 saturated carbocycles. The van der Waals surface area contributed by atoms with E-state index in [1.807, 2.05) is 12.1 Å². The molecule has 3 aromatic rings. The van der Waals surface area contributed by atoms with Gasteiger partial charge in [-0.15, -0.1) is 0 Å². The molecule has 0 unspecified atom stereocenters. The third kappa shape index (κ3) is 3.21. The summed E-state index contributed by atoms with van der Waals surface area (Å²) in [5, 5.41) is 4.11. The van der Waals surface area contributed by atoms with Crippen molar-refractivity contribution in [3.05, 3.63) is 65.8 Å². The molecule has 1 aliphatic heterocycles. The Hall–Kier alpha value is -2.53. The Kier molecular flexibility index (Phi) is 4.09. The van der Waals surface area contributed by atoms with E-state index in [9.17, 15) is 0 Å². The maximum absolute atomic E-state index is 5.50. The molecular formula is C19H20N4O. The lowest BCUT2D eigenvalue weighted by Gasteiger charge is -2.15. The minimum atomic E-state index is 0.313. The zero-order valence-electron chi connectivity index (χ0n) is 13.7. The Morgan fingerprint density at radius 1 is 1.21 bits per heavy atom. The molecule has 1 atom stereocenters. The smallest absolute Gasteiger partial charge is 0.231 e. The first kappa shape index (κ1) is 15.0. The number of hydrogen-bond acceptors (Lipinski definition) is 5. The number of aromatic nitrogens is 3. The zero-order valence-corrected chi connectivity index (χ0v) is 13.7. The molecule has 0 spiro atoms. The number of rotatable bonds is 4. The van der Waals surface area contributed by atoms with Crippen LogP contribution in [0.4, 0.5) is 0 Å². The van der Waals surface area contributed by atoms with Gasteiger partial charge in [0.1, 0.15) is 0 Å². The minimum Gasteiger partial charge on any atom is -0.339 e. The predicted molar refractivity (Wildman–Crippen MR) is 91.3 cm³/mol. The number of aryl methyl sites for hydroxylation is 1. The molecule has 122 valence electrons. The molecule has 2 aromatic heterocycles. The SMILES string of the molecule is Cc1ccc(CN2CC[C@H](c3nc(-c4cccnc4)no3)C2)cc1. The van der Waals surface area contributed by atoms with Crippen molar-refractivity contribution in [3.63, 3.8) is 0 Å². The van der Waals surface area contributed by atoms with Gasteiger partial charge >= 0.3 is 0 Å². The van der Waals surface area contributed by atoms with Crippen LogP contribution < -0.4 is 0 Å². The van der Waals surface area contributed by atoms with Gasteiger partial charge in [-0.1, -0.05) is 35.0 Å². The van der Waals surface area contributed by atoms with Crippen LogP contribution in [0, 0.1) is 6.92 Å². The lowest BCUT2D eigenvalue weighted by molar-refractivity contribution is 0.309. The predicted octanol–water partition coefficient (Wildman–Crippen LogP) is 3.43. The Labute approximate surface area is 141 Å². The largest absolute Gasteiger partial charge is 0.339 e. The molecule has 1 aliphatic rings. The molecule has 4 rings (SSSR count). The van der Waals surface area contributed by atoms with Crippen molar-refractivity contribution in [1.82, 2.24) is 20.0 Å². The molecule has 0 aliphatic carbocycles. The second-order valence-electron chi connectivity index (χ2n) is 6.40. The fourth-order valence-electron chi connectivity index (χ4n) is 3.14. The van der Waals surface area contributed by atoms with Gasteiger partial charge in [0.15, 0.2) is 0 Å². The summed E-state index contributed by atoms with van der Waals surface area (Å²) in [7, 11) is 0. The van der Waals surface area contributed by atoms with E-state index < -0.39 is 0 Å². The van der Waals surface area contributed by atoms with Crippen LogP contribution in [-0.2, 0) is 6.54 Å². The van der Waals surface area contributed by atoms with E-state index in [1.54, 1.807) is 12.4 Å². The highest BCUT2D eigenvalue weighted by molar-refractivity contribution is 5.51. The van der Waals surface area contributed by atoms with Crippen LogP contribution in [0.2, 0.25) is 0 Å². The topological polar surface area (TPSA) is 55.1 Å². The van der Waals surface area contributed by atoms with Crippen molar-refractivity contribution in [1.29, 1.82) is 0 Å². The first-order chi connectivity index (χ1) is 11.8. The van der Waals surface area contributed by atoms with Gasteiger partial charge in [0.05, 0.1) is 5.92 Å². The summed E-state index contributed by atoms with van der Waals surface area (Å²) in [6.45, 7) is 5.11. The molecule has 0 N–H and O–H groups in total. The maximum atomic E-state index is 5.50. The van der Waals surface area contributed by atoms with Gasteiger partial charge in [-0.25, -0.2) is 0 Å². The van der Waals surface area contributed by atoms with E-state index in [2.05, 4.69) is 51.2 Å². The molecule has 1 aromatic carbocycles. The summed E-state index contributed by atoms with van der Waals surface area (Å²) in [4.78, 5) is 11.1. The van der Waals surface area contributed by atoms with Gasteiger partial charge in [-0.2, -0.15) is 4.98 Å². The molecule has 24 heavy (non-hydrogen) atoms. The fraction of sp³-hybridized carbons (Fsp3) is 0.316. The second kappa shape index (κ2) is 6.53. The number of pyridine rings is 1. The quantitative estimate of drug-likeness (QED) is 0.737. The van der Waals surface area contributed by atoms with Crippen LogP contribution in [0.15, 0.2) is 53.3 Å². The van der Waals surface area contributed by atoms with E-state index in [0.29, 0.717) is 11.7 Å². The van der Waals surface area contributed by atoms with E-state index in [0.717, 1.165) is 37.5 Å². The summed E-state index contributed by atoms with van der Waals surface area (Å²) in [5.74, 6) is 1.67. The lowest BCUT2D eigenvalue weighted by Crippen LogP contribution is -2.19. The number of likely N-dealkylation sites (tertiary alicyclic amines) is 1. The first-order valence-corrected chi connectivity index (χ1v) is 8.30. The van der Waals surface area contributed by atoms with Gasteiger partial charge in [0.25, 0.3) is 0 Å². The summed E-state index contributed by atoms with van der Waals surface area (Å²) >= 11 is 0. The molecule has 1 fully saturated rings. The third-order valence-electron chi connectivity index (χ3n) is 4.51. The van der Waals surface area contributed by atoms with Crippen molar-refractivity contribution < 1.29 is 4.52 Å². The van der Waals surface area contributed by atoms with Crippen LogP contribution in [-0.4, -0.2) is 33.1 Å².